The predicted molar refractivity (Wildman–Crippen MR) is 61.6 cm³/mol. The zero-order valence-electron chi connectivity index (χ0n) is 9.96. The van der Waals surface area contributed by atoms with E-state index in [1.807, 2.05) is 0 Å². The number of rotatable bonds is 3. The van der Waals surface area contributed by atoms with E-state index in [9.17, 15) is 18.0 Å². The second-order valence-electron chi connectivity index (χ2n) is 4.20. The Morgan fingerprint density at radius 2 is 2.11 bits per heavy atom. The van der Waals surface area contributed by atoms with E-state index in [-0.39, 0.29) is 11.7 Å². The average molecular weight is 274 g/mol. The lowest BCUT2D eigenvalue weighted by Gasteiger charge is -2.23. The van der Waals surface area contributed by atoms with E-state index in [4.69, 9.17) is 0 Å². The van der Waals surface area contributed by atoms with E-state index < -0.39 is 12.4 Å². The highest BCUT2D eigenvalue weighted by molar-refractivity contribution is 5.82. The monoisotopic (exact) mass is 274 g/mol. The summed E-state index contributed by atoms with van der Waals surface area (Å²) in [6.45, 7) is 1.21. The summed E-state index contributed by atoms with van der Waals surface area (Å²) < 4.78 is 40.1. The molecule has 0 aliphatic carbocycles. The van der Waals surface area contributed by atoms with E-state index in [0.29, 0.717) is 25.1 Å². The molecule has 1 aromatic rings. The van der Waals surface area contributed by atoms with Crippen molar-refractivity contribution < 1.29 is 22.7 Å². The van der Waals surface area contributed by atoms with Gasteiger partial charge in [0.05, 0.1) is 6.04 Å². The van der Waals surface area contributed by atoms with Crippen molar-refractivity contribution in [2.75, 3.05) is 13.1 Å². The normalized spacial score (nSPS) is 19.9. The molecule has 1 amide bonds. The van der Waals surface area contributed by atoms with Gasteiger partial charge in [-0.3, -0.25) is 4.79 Å². The smallest absolute Gasteiger partial charge is 0.406 e. The molecule has 1 fully saturated rings. The molecule has 104 valence electrons. The minimum atomic E-state index is -4.71. The van der Waals surface area contributed by atoms with Gasteiger partial charge in [-0.25, -0.2) is 0 Å². The molecule has 1 saturated heterocycles. The molecular formula is C12H13F3N2O2. The van der Waals surface area contributed by atoms with Crippen LogP contribution in [0.2, 0.25) is 0 Å². The third-order valence-electron chi connectivity index (χ3n) is 2.70. The number of hydrogen-bond acceptors (Lipinski definition) is 3. The Morgan fingerprint density at radius 1 is 1.32 bits per heavy atom. The van der Waals surface area contributed by atoms with Crippen molar-refractivity contribution in [2.24, 2.45) is 0 Å². The minimum Gasteiger partial charge on any atom is -0.406 e. The summed E-state index contributed by atoms with van der Waals surface area (Å²) in [6.07, 6.45) is -4.39. The van der Waals surface area contributed by atoms with Gasteiger partial charge in [-0.1, -0.05) is 12.1 Å². The Morgan fingerprint density at radius 3 is 2.79 bits per heavy atom. The molecule has 1 aromatic carbocycles. The largest absolute Gasteiger partial charge is 0.573 e. The Bertz CT molecular complexity index is 463. The second-order valence-corrected chi connectivity index (χ2v) is 4.20. The van der Waals surface area contributed by atoms with Crippen molar-refractivity contribution in [3.63, 3.8) is 0 Å². The summed E-state index contributed by atoms with van der Waals surface area (Å²) in [4.78, 5) is 11.5. The summed E-state index contributed by atoms with van der Waals surface area (Å²) in [5, 5.41) is 5.70. The summed E-state index contributed by atoms with van der Waals surface area (Å²) in [6, 6.07) is 5.22. The maximum atomic E-state index is 12.1. The van der Waals surface area contributed by atoms with Crippen molar-refractivity contribution >= 4 is 5.91 Å². The van der Waals surface area contributed by atoms with E-state index in [2.05, 4.69) is 15.4 Å². The SMILES string of the molecule is O=C1NCCN[C@H]1Cc1cccc(OC(F)(F)F)c1. The summed E-state index contributed by atoms with van der Waals surface area (Å²) in [7, 11) is 0. The number of carbonyl (C=O) groups is 1. The molecule has 0 spiro atoms. The van der Waals surface area contributed by atoms with Gasteiger partial charge in [0.2, 0.25) is 5.91 Å². The number of nitrogens with one attached hydrogen (secondary N) is 2. The Kier molecular flexibility index (Phi) is 3.94. The van der Waals surface area contributed by atoms with Gasteiger partial charge in [0, 0.05) is 13.1 Å². The quantitative estimate of drug-likeness (QED) is 0.871. The highest BCUT2D eigenvalue weighted by Crippen LogP contribution is 2.23. The molecule has 1 heterocycles. The number of amides is 1. The van der Waals surface area contributed by atoms with Crippen LogP contribution in [0, 0.1) is 0 Å². The number of alkyl halides is 3. The Balaban J connectivity index is 2.04. The fraction of sp³-hybridized carbons (Fsp3) is 0.417. The zero-order chi connectivity index (χ0) is 13.9. The van der Waals surface area contributed by atoms with Gasteiger partial charge in [0.15, 0.2) is 0 Å². The van der Waals surface area contributed by atoms with Crippen LogP contribution < -0.4 is 15.4 Å². The molecule has 7 heteroatoms. The molecule has 1 atom stereocenters. The molecule has 1 aliphatic rings. The first kappa shape index (κ1) is 13.7. The zero-order valence-corrected chi connectivity index (χ0v) is 9.96. The van der Waals surface area contributed by atoms with Crippen LogP contribution in [0.1, 0.15) is 5.56 Å². The molecule has 0 radical (unpaired) electrons. The van der Waals surface area contributed by atoms with Crippen molar-refractivity contribution in [2.45, 2.75) is 18.8 Å². The van der Waals surface area contributed by atoms with E-state index in [0.717, 1.165) is 0 Å². The molecule has 0 bridgehead atoms. The summed E-state index contributed by atoms with van der Waals surface area (Å²) in [5.74, 6) is -0.422. The number of piperazine rings is 1. The number of halogens is 3. The number of hydrogen-bond donors (Lipinski definition) is 2. The van der Waals surface area contributed by atoms with Gasteiger partial charge in [-0.05, 0) is 24.1 Å². The van der Waals surface area contributed by atoms with E-state index in [1.165, 1.54) is 18.2 Å². The first-order chi connectivity index (χ1) is 8.94. The van der Waals surface area contributed by atoms with Crippen LogP contribution >= 0.6 is 0 Å². The molecule has 1 aliphatic heterocycles. The van der Waals surface area contributed by atoms with E-state index in [1.54, 1.807) is 6.07 Å². The van der Waals surface area contributed by atoms with Crippen LogP contribution in [-0.4, -0.2) is 31.4 Å². The minimum absolute atomic E-state index is 0.145. The third-order valence-corrected chi connectivity index (χ3v) is 2.70. The molecule has 0 unspecified atom stereocenters. The number of carbonyl (C=O) groups excluding carboxylic acids is 1. The van der Waals surface area contributed by atoms with Crippen LogP contribution in [0.15, 0.2) is 24.3 Å². The Hall–Kier alpha value is -1.76. The maximum Gasteiger partial charge on any atom is 0.573 e. The standard InChI is InChI=1S/C12H13F3N2O2/c13-12(14,15)19-9-3-1-2-8(6-9)7-10-11(18)17-5-4-16-10/h1-3,6,10,16H,4-5,7H2,(H,17,18)/t10-/m0/s1. The van der Waals surface area contributed by atoms with E-state index >= 15 is 0 Å². The van der Waals surface area contributed by atoms with Crippen LogP contribution in [0.25, 0.3) is 0 Å². The average Bonchev–Trinajstić information content (AvgIpc) is 2.30. The lowest BCUT2D eigenvalue weighted by Crippen LogP contribution is -2.53. The van der Waals surface area contributed by atoms with Crippen molar-refractivity contribution in [3.8, 4) is 5.75 Å². The fourth-order valence-corrected chi connectivity index (χ4v) is 1.92. The van der Waals surface area contributed by atoms with Crippen LogP contribution in [-0.2, 0) is 11.2 Å². The highest BCUT2D eigenvalue weighted by atomic mass is 19.4. The number of benzene rings is 1. The summed E-state index contributed by atoms with van der Waals surface area (Å²) >= 11 is 0. The first-order valence-corrected chi connectivity index (χ1v) is 5.80. The van der Waals surface area contributed by atoms with Crippen molar-refractivity contribution in [1.29, 1.82) is 0 Å². The molecule has 0 saturated carbocycles. The van der Waals surface area contributed by atoms with Gasteiger partial charge in [0.1, 0.15) is 5.75 Å². The predicted octanol–water partition coefficient (Wildman–Crippen LogP) is 1.22. The number of ether oxygens (including phenoxy) is 1. The summed E-state index contributed by atoms with van der Waals surface area (Å²) in [5.41, 5.74) is 0.608. The molecular weight excluding hydrogens is 261 g/mol. The molecule has 4 nitrogen and oxygen atoms in total. The molecule has 2 rings (SSSR count). The lowest BCUT2D eigenvalue weighted by molar-refractivity contribution is -0.274. The Labute approximate surface area is 107 Å². The van der Waals surface area contributed by atoms with Gasteiger partial charge in [-0.15, -0.1) is 13.2 Å². The van der Waals surface area contributed by atoms with Gasteiger partial charge >= 0.3 is 6.36 Å². The van der Waals surface area contributed by atoms with Gasteiger partial charge < -0.3 is 15.4 Å². The highest BCUT2D eigenvalue weighted by Gasteiger charge is 2.31. The van der Waals surface area contributed by atoms with Gasteiger partial charge in [0.25, 0.3) is 0 Å². The van der Waals surface area contributed by atoms with Crippen LogP contribution in [0.3, 0.4) is 0 Å². The molecule has 0 aromatic heterocycles. The molecule has 19 heavy (non-hydrogen) atoms. The van der Waals surface area contributed by atoms with Crippen LogP contribution in [0.5, 0.6) is 5.75 Å². The maximum absolute atomic E-state index is 12.1. The lowest BCUT2D eigenvalue weighted by atomic mass is 10.0. The fourth-order valence-electron chi connectivity index (χ4n) is 1.92. The topological polar surface area (TPSA) is 50.4 Å². The van der Waals surface area contributed by atoms with Crippen LogP contribution in [0.4, 0.5) is 13.2 Å². The second kappa shape index (κ2) is 5.48. The first-order valence-electron chi connectivity index (χ1n) is 5.80. The van der Waals surface area contributed by atoms with Crippen molar-refractivity contribution in [3.05, 3.63) is 29.8 Å². The molecule has 2 N–H and O–H groups in total. The van der Waals surface area contributed by atoms with Gasteiger partial charge in [-0.2, -0.15) is 0 Å². The van der Waals surface area contributed by atoms with Crippen molar-refractivity contribution in [1.82, 2.24) is 10.6 Å². The third kappa shape index (κ3) is 4.13.